The van der Waals surface area contributed by atoms with Crippen molar-refractivity contribution in [2.45, 2.75) is 38.1 Å². The van der Waals surface area contributed by atoms with E-state index in [0.717, 1.165) is 6.20 Å². The number of likely N-dealkylation sites (tertiary alicyclic amines) is 1. The fraction of sp³-hybridized carbons (Fsp3) is 0.474. The second-order valence-corrected chi connectivity index (χ2v) is 8.42. The molecule has 3 atom stereocenters. The first-order valence-electron chi connectivity index (χ1n) is 9.20. The lowest BCUT2D eigenvalue weighted by molar-refractivity contribution is 0.0952. The normalized spacial score (nSPS) is 22.6. The first-order chi connectivity index (χ1) is 13.9. The molecule has 8 nitrogen and oxygen atoms in total. The molecule has 0 unspecified atom stereocenters. The predicted octanol–water partition coefficient (Wildman–Crippen LogP) is 2.75. The summed E-state index contributed by atoms with van der Waals surface area (Å²) in [6.07, 6.45) is 1.60. The second-order valence-electron chi connectivity index (χ2n) is 7.19. The number of phosphoric acid groups is 1. The number of alkyl halides is 1. The highest BCUT2D eigenvalue weighted by molar-refractivity contribution is 7.46. The molecule has 1 aromatic rings. The Balaban J connectivity index is 2.32. The van der Waals surface area contributed by atoms with Crippen LogP contribution < -0.4 is 0 Å². The molecule has 30 heavy (non-hydrogen) atoms. The molecule has 2 heterocycles. The van der Waals surface area contributed by atoms with E-state index in [1.807, 2.05) is 0 Å². The zero-order chi connectivity index (χ0) is 22.6. The summed E-state index contributed by atoms with van der Waals surface area (Å²) < 4.78 is 44.5. The van der Waals surface area contributed by atoms with E-state index in [2.05, 4.69) is 27.7 Å². The Labute approximate surface area is 174 Å². The quantitative estimate of drug-likeness (QED) is 0.343. The number of aromatic nitrogens is 1. The molecule has 1 aromatic heterocycles. The number of hydrogen-bond acceptors (Lipinski definition) is 6. The molecule has 1 aliphatic heterocycles. The van der Waals surface area contributed by atoms with Crippen LogP contribution in [0, 0.1) is 5.82 Å². The number of pyridine rings is 1. The number of phosphoric ester groups is 1. The molecule has 166 valence electrons. The van der Waals surface area contributed by atoms with Gasteiger partial charge < -0.3 is 14.7 Å². The molecule has 1 fully saturated rings. The summed E-state index contributed by atoms with van der Waals surface area (Å²) >= 11 is 0. The van der Waals surface area contributed by atoms with Gasteiger partial charge in [-0.15, -0.1) is 0 Å². The Morgan fingerprint density at radius 2 is 2.20 bits per heavy atom. The first kappa shape index (κ1) is 24.3. The Hall–Kier alpha value is -1.97. The smallest absolute Gasteiger partial charge is 0.346 e. The van der Waals surface area contributed by atoms with E-state index >= 15 is 0 Å². The van der Waals surface area contributed by atoms with Crippen LogP contribution in [0.4, 0.5) is 8.78 Å². The van der Waals surface area contributed by atoms with E-state index < -0.39 is 32.6 Å². The number of aliphatic imine (C=N–C) groups is 1. The van der Waals surface area contributed by atoms with Crippen molar-refractivity contribution in [1.82, 2.24) is 14.8 Å². The van der Waals surface area contributed by atoms with Crippen LogP contribution in [0.2, 0.25) is 0 Å². The van der Waals surface area contributed by atoms with E-state index in [1.165, 1.54) is 17.2 Å². The molecule has 2 N–H and O–H groups in total. The lowest BCUT2D eigenvalue weighted by Crippen LogP contribution is -2.39. The minimum absolute atomic E-state index is 0.119. The molecule has 1 aliphatic rings. The lowest BCUT2D eigenvalue weighted by Gasteiger charge is -2.33. The fourth-order valence-corrected chi connectivity index (χ4v) is 3.57. The van der Waals surface area contributed by atoms with Gasteiger partial charge >= 0.3 is 7.82 Å². The Bertz CT molecular complexity index is 876. The van der Waals surface area contributed by atoms with Gasteiger partial charge in [0.05, 0.1) is 17.9 Å². The Morgan fingerprint density at radius 3 is 2.73 bits per heavy atom. The molecule has 1 saturated heterocycles. The summed E-state index contributed by atoms with van der Waals surface area (Å²) in [7, 11) is -1.48. The summed E-state index contributed by atoms with van der Waals surface area (Å²) in [6, 6.07) is 0.690. The molecule has 0 bridgehead atoms. The summed E-state index contributed by atoms with van der Waals surface area (Å²) in [4.78, 5) is 29.2. The summed E-state index contributed by atoms with van der Waals surface area (Å²) in [5.41, 5.74) is 1.42. The van der Waals surface area contributed by atoms with Gasteiger partial charge in [0.25, 0.3) is 0 Å². The molecule has 11 heteroatoms. The zero-order valence-electron chi connectivity index (χ0n) is 17.2. The largest absolute Gasteiger partial charge is 0.471 e. The maximum atomic E-state index is 14.4. The van der Waals surface area contributed by atoms with Crippen molar-refractivity contribution < 1.29 is 27.7 Å². The number of rotatable bonds is 9. The zero-order valence-corrected chi connectivity index (χ0v) is 18.1. The number of hydrogen-bond donors (Lipinski definition) is 2. The van der Waals surface area contributed by atoms with Crippen molar-refractivity contribution in [3.05, 3.63) is 48.2 Å². The highest BCUT2D eigenvalue weighted by atomic mass is 31.2. The van der Waals surface area contributed by atoms with Crippen molar-refractivity contribution in [3.63, 3.8) is 0 Å². The third-order valence-corrected chi connectivity index (χ3v) is 5.64. The van der Waals surface area contributed by atoms with Crippen LogP contribution in [0.25, 0.3) is 5.57 Å². The Kier molecular flexibility index (Phi) is 8.01. The third-order valence-electron chi connectivity index (χ3n) is 5.19. The topological polar surface area (TPSA) is 98.5 Å². The second kappa shape index (κ2) is 9.89. The molecular formula is C19H27F2N4O4P. The monoisotopic (exact) mass is 444 g/mol. The van der Waals surface area contributed by atoms with Gasteiger partial charge in [0.1, 0.15) is 18.7 Å². The lowest BCUT2D eigenvalue weighted by atomic mass is 10.1. The van der Waals surface area contributed by atoms with E-state index in [1.54, 1.807) is 25.9 Å². The molecule has 0 saturated carbocycles. The number of nitrogens with zero attached hydrogens (tertiary/aromatic N) is 4. The first-order valence-corrected chi connectivity index (χ1v) is 10.7. The van der Waals surface area contributed by atoms with Gasteiger partial charge in [-0.25, -0.2) is 13.3 Å². The van der Waals surface area contributed by atoms with Crippen LogP contribution in [-0.4, -0.2) is 69.9 Å². The predicted molar refractivity (Wildman–Crippen MR) is 111 cm³/mol. The SMILES string of the molecule is C=C(C=NC)c1cc(CN(COP(=O)(O)O)C(=C)[C@@H]2C[C@@H](F)[C@H](C)N2C)c(F)cn1. The van der Waals surface area contributed by atoms with Gasteiger partial charge in [-0.05, 0) is 20.0 Å². The van der Waals surface area contributed by atoms with E-state index in [0.29, 0.717) is 17.0 Å². The molecule has 0 aliphatic carbocycles. The van der Waals surface area contributed by atoms with Crippen LogP contribution in [0.1, 0.15) is 24.6 Å². The molecular weight excluding hydrogens is 417 g/mol. The average molecular weight is 444 g/mol. The fourth-order valence-electron chi connectivity index (χ4n) is 3.28. The standard InChI is InChI=1S/C19H27F2N4O4P/c1-12(8-22-4)18-6-15(17(21)9-23-18)10-25(11-29-30(26,27)28)14(3)19-7-16(20)13(2)24(19)5/h6,8-9,13,16,19H,1,3,7,10-11H2,2,4-5H3,(H2,26,27,28)/t13-,16+,19-/m0/s1. The van der Waals surface area contributed by atoms with Crippen LogP contribution in [0.15, 0.2) is 36.1 Å². The summed E-state index contributed by atoms with van der Waals surface area (Å²) in [6.45, 7) is 8.87. The third kappa shape index (κ3) is 6.02. The van der Waals surface area contributed by atoms with Crippen LogP contribution in [0.5, 0.6) is 0 Å². The highest BCUT2D eigenvalue weighted by Crippen LogP contribution is 2.37. The minimum atomic E-state index is -4.79. The maximum Gasteiger partial charge on any atom is 0.471 e. The van der Waals surface area contributed by atoms with Gasteiger partial charge in [0.15, 0.2) is 0 Å². The highest BCUT2D eigenvalue weighted by Gasteiger charge is 2.39. The summed E-state index contributed by atoms with van der Waals surface area (Å²) in [5, 5.41) is 0. The molecule has 0 radical (unpaired) electrons. The van der Waals surface area contributed by atoms with Crippen molar-refractivity contribution >= 4 is 19.6 Å². The van der Waals surface area contributed by atoms with Crippen molar-refractivity contribution in [1.29, 1.82) is 0 Å². The van der Waals surface area contributed by atoms with E-state index in [4.69, 9.17) is 9.79 Å². The van der Waals surface area contributed by atoms with Crippen LogP contribution in [0.3, 0.4) is 0 Å². The van der Waals surface area contributed by atoms with Crippen molar-refractivity contribution in [2.75, 3.05) is 20.8 Å². The number of halogens is 2. The minimum Gasteiger partial charge on any atom is -0.346 e. The molecule has 0 aromatic carbocycles. The number of allylic oxidation sites excluding steroid dienone is 1. The Morgan fingerprint density at radius 1 is 1.53 bits per heavy atom. The van der Waals surface area contributed by atoms with Gasteiger partial charge in [-0.3, -0.25) is 19.4 Å². The van der Waals surface area contributed by atoms with Gasteiger partial charge in [0, 0.05) is 49.1 Å². The van der Waals surface area contributed by atoms with Gasteiger partial charge in [-0.2, -0.15) is 0 Å². The van der Waals surface area contributed by atoms with Crippen LogP contribution in [-0.2, 0) is 15.6 Å². The average Bonchev–Trinajstić information content (AvgIpc) is 2.92. The molecule has 0 amide bonds. The van der Waals surface area contributed by atoms with Gasteiger partial charge in [-0.1, -0.05) is 13.2 Å². The van der Waals surface area contributed by atoms with Crippen LogP contribution >= 0.6 is 7.82 Å². The maximum absolute atomic E-state index is 14.4. The van der Waals surface area contributed by atoms with E-state index in [9.17, 15) is 13.3 Å². The van der Waals surface area contributed by atoms with Gasteiger partial charge in [0.2, 0.25) is 0 Å². The number of likely N-dealkylation sites (N-methyl/N-ethyl adjacent to an activating group) is 1. The van der Waals surface area contributed by atoms with Crippen molar-refractivity contribution in [2.24, 2.45) is 4.99 Å². The molecule has 2 rings (SSSR count). The van der Waals surface area contributed by atoms with E-state index in [-0.39, 0.29) is 24.6 Å². The summed E-state index contributed by atoms with van der Waals surface area (Å²) in [5.74, 6) is -0.620. The molecule has 0 spiro atoms. The van der Waals surface area contributed by atoms with Crippen molar-refractivity contribution in [3.8, 4) is 0 Å².